The summed E-state index contributed by atoms with van der Waals surface area (Å²) < 4.78 is 31.9. The van der Waals surface area contributed by atoms with Crippen molar-refractivity contribution in [3.8, 4) is 5.75 Å². The van der Waals surface area contributed by atoms with Crippen LogP contribution in [-0.2, 0) is 14.8 Å². The summed E-state index contributed by atoms with van der Waals surface area (Å²) in [4.78, 5) is 11.3. The number of para-hydroxylation sites is 1. The zero-order chi connectivity index (χ0) is 16.9. The molecule has 1 atom stereocenters. The summed E-state index contributed by atoms with van der Waals surface area (Å²) in [5.74, 6) is -0.894. The van der Waals surface area contributed by atoms with E-state index in [1.807, 2.05) is 6.92 Å². The van der Waals surface area contributed by atoms with E-state index in [0.717, 1.165) is 5.56 Å². The number of nitrogens with one attached hydrogen (secondary N) is 1. The van der Waals surface area contributed by atoms with Gasteiger partial charge in [-0.15, -0.1) is 0 Å². The zero-order valence-electron chi connectivity index (χ0n) is 12.5. The molecule has 7 heteroatoms. The van der Waals surface area contributed by atoms with Crippen LogP contribution in [0.1, 0.15) is 5.56 Å². The third-order valence-corrected chi connectivity index (χ3v) is 4.53. The first-order valence-electron chi connectivity index (χ1n) is 6.89. The van der Waals surface area contributed by atoms with Gasteiger partial charge in [0.25, 0.3) is 0 Å². The van der Waals surface area contributed by atoms with Gasteiger partial charge < -0.3 is 9.84 Å². The van der Waals surface area contributed by atoms with E-state index in [2.05, 4.69) is 4.72 Å². The number of hydrogen-bond donors (Lipinski definition) is 2. The number of rotatable bonds is 7. The molecule has 122 valence electrons. The number of hydrogen-bond acceptors (Lipinski definition) is 4. The van der Waals surface area contributed by atoms with Gasteiger partial charge in [0.15, 0.2) is 0 Å². The fraction of sp³-hybridized carbons (Fsp3) is 0.188. The minimum Gasteiger partial charge on any atom is -0.478 e. The molecule has 2 aromatic carbocycles. The first-order chi connectivity index (χ1) is 10.9. The highest BCUT2D eigenvalue weighted by Crippen LogP contribution is 2.13. The van der Waals surface area contributed by atoms with Gasteiger partial charge in [-0.3, -0.25) is 0 Å². The third-order valence-electron chi connectivity index (χ3n) is 3.09. The highest BCUT2D eigenvalue weighted by atomic mass is 32.2. The highest BCUT2D eigenvalue weighted by molar-refractivity contribution is 7.89. The molecule has 2 aromatic rings. The average molecular weight is 335 g/mol. The van der Waals surface area contributed by atoms with Crippen LogP contribution in [0.3, 0.4) is 0 Å². The molecule has 0 aliphatic carbocycles. The van der Waals surface area contributed by atoms with Crippen molar-refractivity contribution < 1.29 is 23.1 Å². The Morgan fingerprint density at radius 3 is 2.30 bits per heavy atom. The van der Waals surface area contributed by atoms with Gasteiger partial charge in [0.2, 0.25) is 16.1 Å². The van der Waals surface area contributed by atoms with Crippen LogP contribution < -0.4 is 9.46 Å². The van der Waals surface area contributed by atoms with E-state index < -0.39 is 22.1 Å². The van der Waals surface area contributed by atoms with Gasteiger partial charge in [-0.1, -0.05) is 35.9 Å². The van der Waals surface area contributed by atoms with E-state index in [9.17, 15) is 18.3 Å². The molecule has 0 fully saturated rings. The summed E-state index contributed by atoms with van der Waals surface area (Å²) >= 11 is 0. The SMILES string of the molecule is Cc1ccc(S(=O)(=O)NCC(Oc2ccccc2)C(=O)O)cc1. The van der Waals surface area contributed by atoms with Crippen LogP contribution in [0.2, 0.25) is 0 Å². The van der Waals surface area contributed by atoms with E-state index >= 15 is 0 Å². The van der Waals surface area contributed by atoms with Gasteiger partial charge in [0.1, 0.15) is 5.75 Å². The second-order valence-electron chi connectivity index (χ2n) is 4.92. The first-order valence-corrected chi connectivity index (χ1v) is 8.37. The zero-order valence-corrected chi connectivity index (χ0v) is 13.3. The van der Waals surface area contributed by atoms with Crippen LogP contribution in [0.5, 0.6) is 5.75 Å². The maximum atomic E-state index is 12.2. The molecule has 0 bridgehead atoms. The number of carboxylic acid groups (broad SMARTS) is 1. The van der Waals surface area contributed by atoms with Crippen molar-refractivity contribution in [3.05, 3.63) is 60.2 Å². The quantitative estimate of drug-likeness (QED) is 0.805. The topological polar surface area (TPSA) is 92.7 Å². The number of aryl methyl sites for hydroxylation is 1. The molecular weight excluding hydrogens is 318 g/mol. The Morgan fingerprint density at radius 2 is 1.74 bits per heavy atom. The van der Waals surface area contributed by atoms with Crippen molar-refractivity contribution in [1.82, 2.24) is 4.72 Å². The van der Waals surface area contributed by atoms with Crippen molar-refractivity contribution in [2.24, 2.45) is 0 Å². The molecular formula is C16H17NO5S. The van der Waals surface area contributed by atoms with E-state index in [4.69, 9.17) is 4.74 Å². The normalized spacial score (nSPS) is 12.6. The Morgan fingerprint density at radius 1 is 1.13 bits per heavy atom. The van der Waals surface area contributed by atoms with Gasteiger partial charge in [0.05, 0.1) is 11.4 Å². The van der Waals surface area contributed by atoms with Crippen molar-refractivity contribution >= 4 is 16.0 Å². The van der Waals surface area contributed by atoms with E-state index in [1.54, 1.807) is 42.5 Å². The number of carboxylic acids is 1. The number of sulfonamides is 1. The van der Waals surface area contributed by atoms with Gasteiger partial charge >= 0.3 is 5.97 Å². The van der Waals surface area contributed by atoms with Crippen molar-refractivity contribution in [1.29, 1.82) is 0 Å². The Hall–Kier alpha value is -2.38. The summed E-state index contributed by atoms with van der Waals surface area (Å²) in [6.45, 7) is 1.47. The average Bonchev–Trinajstić information content (AvgIpc) is 2.52. The van der Waals surface area contributed by atoms with Crippen LogP contribution in [0.15, 0.2) is 59.5 Å². The largest absolute Gasteiger partial charge is 0.478 e. The van der Waals surface area contributed by atoms with Gasteiger partial charge in [-0.2, -0.15) is 0 Å². The van der Waals surface area contributed by atoms with Crippen LogP contribution in [0.25, 0.3) is 0 Å². The minimum atomic E-state index is -3.79. The Bertz CT molecular complexity index is 757. The molecule has 0 aromatic heterocycles. The number of carbonyl (C=O) groups is 1. The molecule has 0 radical (unpaired) electrons. The smallest absolute Gasteiger partial charge is 0.346 e. The second kappa shape index (κ2) is 7.26. The molecule has 6 nitrogen and oxygen atoms in total. The lowest BCUT2D eigenvalue weighted by atomic mass is 10.2. The molecule has 0 saturated carbocycles. The summed E-state index contributed by atoms with van der Waals surface area (Å²) in [6.07, 6.45) is -1.32. The minimum absolute atomic E-state index is 0.0759. The molecule has 2 rings (SSSR count). The Balaban J connectivity index is 2.06. The molecule has 0 aliphatic heterocycles. The highest BCUT2D eigenvalue weighted by Gasteiger charge is 2.23. The Labute approximate surface area is 134 Å². The maximum Gasteiger partial charge on any atom is 0.346 e. The molecule has 0 heterocycles. The van der Waals surface area contributed by atoms with E-state index in [1.165, 1.54) is 12.1 Å². The standard InChI is InChI=1S/C16H17NO5S/c1-12-7-9-14(10-8-12)23(20,21)17-11-15(16(18)19)22-13-5-3-2-4-6-13/h2-10,15,17H,11H2,1H3,(H,18,19). The van der Waals surface area contributed by atoms with Crippen LogP contribution in [0.4, 0.5) is 0 Å². The molecule has 1 unspecified atom stereocenters. The van der Waals surface area contributed by atoms with Crippen molar-refractivity contribution in [2.45, 2.75) is 17.9 Å². The lowest BCUT2D eigenvalue weighted by Crippen LogP contribution is -2.40. The molecule has 0 aliphatic rings. The van der Waals surface area contributed by atoms with Crippen LogP contribution in [-0.4, -0.2) is 32.1 Å². The molecule has 0 saturated heterocycles. The van der Waals surface area contributed by atoms with Crippen molar-refractivity contribution in [3.63, 3.8) is 0 Å². The number of benzene rings is 2. The first kappa shape index (κ1) is 17.0. The van der Waals surface area contributed by atoms with Crippen molar-refractivity contribution in [2.75, 3.05) is 6.54 Å². The predicted octanol–water partition coefficient (Wildman–Crippen LogP) is 1.81. The molecule has 0 amide bonds. The third kappa shape index (κ3) is 4.80. The van der Waals surface area contributed by atoms with Gasteiger partial charge in [-0.25, -0.2) is 17.9 Å². The lowest BCUT2D eigenvalue weighted by molar-refractivity contribution is -0.144. The van der Waals surface area contributed by atoms with E-state index in [-0.39, 0.29) is 11.4 Å². The summed E-state index contributed by atoms with van der Waals surface area (Å²) in [6, 6.07) is 14.6. The maximum absolute atomic E-state index is 12.2. The lowest BCUT2D eigenvalue weighted by Gasteiger charge is -2.16. The van der Waals surface area contributed by atoms with Crippen LogP contribution >= 0.6 is 0 Å². The second-order valence-corrected chi connectivity index (χ2v) is 6.69. The number of aliphatic carboxylic acids is 1. The van der Waals surface area contributed by atoms with Crippen LogP contribution in [0, 0.1) is 6.92 Å². The fourth-order valence-corrected chi connectivity index (χ4v) is 2.86. The summed E-state index contributed by atoms with van der Waals surface area (Å²) in [5.41, 5.74) is 0.930. The predicted molar refractivity (Wildman–Crippen MR) is 84.9 cm³/mol. The molecule has 2 N–H and O–H groups in total. The van der Waals surface area contributed by atoms with Gasteiger partial charge in [-0.05, 0) is 31.2 Å². The fourth-order valence-electron chi connectivity index (χ4n) is 1.83. The number of ether oxygens (including phenoxy) is 1. The summed E-state index contributed by atoms with van der Waals surface area (Å²) in [7, 11) is -3.79. The molecule has 23 heavy (non-hydrogen) atoms. The van der Waals surface area contributed by atoms with E-state index in [0.29, 0.717) is 5.75 Å². The monoisotopic (exact) mass is 335 g/mol. The van der Waals surface area contributed by atoms with Gasteiger partial charge in [0, 0.05) is 0 Å². The molecule has 0 spiro atoms. The summed E-state index contributed by atoms with van der Waals surface area (Å²) in [5, 5.41) is 9.18. The Kier molecular flexibility index (Phi) is 5.36.